The van der Waals surface area contributed by atoms with E-state index in [0.29, 0.717) is 28.7 Å². The molecule has 0 heterocycles. The Hall–Kier alpha value is -1.98. The molecule has 1 aliphatic rings. The molecule has 1 saturated carbocycles. The van der Waals surface area contributed by atoms with Crippen molar-refractivity contribution in [3.05, 3.63) is 65.0 Å². The summed E-state index contributed by atoms with van der Waals surface area (Å²) in [4.78, 5) is 9.76. The van der Waals surface area contributed by atoms with E-state index in [0.717, 1.165) is 31.2 Å². The molecule has 0 spiro atoms. The van der Waals surface area contributed by atoms with Gasteiger partial charge in [0.25, 0.3) is 0 Å². The summed E-state index contributed by atoms with van der Waals surface area (Å²) >= 11 is 0. The van der Waals surface area contributed by atoms with Crippen molar-refractivity contribution >= 4 is 12.8 Å². The van der Waals surface area contributed by atoms with E-state index in [2.05, 4.69) is 12.2 Å². The lowest BCUT2D eigenvalue weighted by Gasteiger charge is -2.27. The summed E-state index contributed by atoms with van der Waals surface area (Å²) in [6.07, 6.45) is 8.71. The predicted molar refractivity (Wildman–Crippen MR) is 116 cm³/mol. The number of nitrogens with one attached hydrogen (secondary N) is 1. The molecule has 2 aromatic rings. The van der Waals surface area contributed by atoms with Crippen molar-refractivity contribution in [3.8, 4) is 11.5 Å². The third-order valence-electron chi connectivity index (χ3n) is 5.81. The first-order valence-electron chi connectivity index (χ1n) is 10.2. The van der Waals surface area contributed by atoms with Gasteiger partial charge < -0.3 is 14.8 Å². The molecule has 162 valence electrons. The monoisotopic (exact) mass is 433 g/mol. The van der Waals surface area contributed by atoms with E-state index < -0.39 is 13.3 Å². The Labute approximate surface area is 177 Å². The van der Waals surface area contributed by atoms with Gasteiger partial charge in [-0.15, -0.1) is 5.25 Å². The van der Waals surface area contributed by atoms with Crippen molar-refractivity contribution in [2.24, 2.45) is 5.92 Å². The molecule has 0 amide bonds. The van der Waals surface area contributed by atoms with Gasteiger partial charge in [-0.1, -0.05) is 18.2 Å². The predicted octanol–water partition coefficient (Wildman–Crippen LogP) is 5.87. The van der Waals surface area contributed by atoms with Crippen molar-refractivity contribution < 1.29 is 23.8 Å². The summed E-state index contributed by atoms with van der Waals surface area (Å²) < 4.78 is 32.6. The van der Waals surface area contributed by atoms with Gasteiger partial charge in [0.15, 0.2) is 11.6 Å². The number of ether oxygens (including phenoxy) is 1. The second-order valence-corrected chi connectivity index (χ2v) is 9.88. The Bertz CT molecular complexity index is 960. The second-order valence-electron chi connectivity index (χ2n) is 8.01. The number of rotatable bonds is 6. The second kappa shape index (κ2) is 9.44. The van der Waals surface area contributed by atoms with Gasteiger partial charge >= 0.3 is 7.52 Å². The quantitative estimate of drug-likeness (QED) is 0.301. The molecular formula is C23H29FNO4P. The third kappa shape index (κ3) is 5.01. The summed E-state index contributed by atoms with van der Waals surface area (Å²) in [6, 6.07) is 8.04. The number of benzene rings is 2. The molecule has 0 saturated heterocycles. The molecule has 2 aromatic carbocycles. The molecular weight excluding hydrogens is 404 g/mol. The Kier molecular flexibility index (Phi) is 7.14. The van der Waals surface area contributed by atoms with Gasteiger partial charge in [-0.2, -0.15) is 0 Å². The van der Waals surface area contributed by atoms with Crippen LogP contribution in [0.2, 0.25) is 0 Å². The van der Waals surface area contributed by atoms with Crippen molar-refractivity contribution in [3.63, 3.8) is 0 Å². The van der Waals surface area contributed by atoms with Gasteiger partial charge in [0.05, 0.1) is 5.30 Å². The highest BCUT2D eigenvalue weighted by atomic mass is 31.2. The SMILES string of the molecule is C/C=C/C1CCC(c2ccc(Oc3c(C)cc(P(=O)(O)NO)cc3C)c(F)c2)CC1. The zero-order chi connectivity index (χ0) is 21.9. The Morgan fingerprint density at radius 3 is 2.30 bits per heavy atom. The van der Waals surface area contributed by atoms with Crippen LogP contribution >= 0.6 is 7.52 Å². The first-order chi connectivity index (χ1) is 14.2. The van der Waals surface area contributed by atoms with E-state index in [1.54, 1.807) is 26.0 Å². The van der Waals surface area contributed by atoms with Gasteiger partial charge in [0.1, 0.15) is 5.75 Å². The lowest BCUT2D eigenvalue weighted by atomic mass is 9.78. The Balaban J connectivity index is 1.78. The van der Waals surface area contributed by atoms with Gasteiger partial charge in [0, 0.05) is 0 Å². The minimum Gasteiger partial charge on any atom is -0.454 e. The van der Waals surface area contributed by atoms with Crippen molar-refractivity contribution in [2.45, 2.75) is 52.4 Å². The molecule has 3 N–H and O–H groups in total. The Morgan fingerprint density at radius 1 is 1.13 bits per heavy atom. The van der Waals surface area contributed by atoms with Crippen molar-refractivity contribution in [2.75, 3.05) is 0 Å². The van der Waals surface area contributed by atoms with Crippen LogP contribution < -0.4 is 15.3 Å². The molecule has 0 bridgehead atoms. The lowest BCUT2D eigenvalue weighted by molar-refractivity contribution is 0.226. The summed E-state index contributed by atoms with van der Waals surface area (Å²) in [5.74, 6) is 1.11. The van der Waals surface area contributed by atoms with Crippen LogP contribution in [0.1, 0.15) is 55.2 Å². The van der Waals surface area contributed by atoms with Crippen LogP contribution in [0.15, 0.2) is 42.5 Å². The zero-order valence-electron chi connectivity index (χ0n) is 17.6. The molecule has 1 aliphatic carbocycles. The molecule has 3 rings (SSSR count). The highest BCUT2D eigenvalue weighted by Crippen LogP contribution is 2.40. The maximum absolute atomic E-state index is 14.8. The number of halogens is 1. The molecule has 1 fully saturated rings. The number of aryl methyl sites for hydroxylation is 2. The summed E-state index contributed by atoms with van der Waals surface area (Å²) in [7, 11) is -4.05. The van der Waals surface area contributed by atoms with Crippen LogP contribution in [0.5, 0.6) is 11.5 Å². The molecule has 30 heavy (non-hydrogen) atoms. The van der Waals surface area contributed by atoms with Crippen molar-refractivity contribution in [1.82, 2.24) is 5.25 Å². The molecule has 7 heteroatoms. The van der Waals surface area contributed by atoms with Gasteiger partial charge in [-0.25, -0.2) is 4.39 Å². The molecule has 1 unspecified atom stereocenters. The summed E-state index contributed by atoms with van der Waals surface area (Å²) in [5.41, 5.74) is 2.14. The first-order valence-corrected chi connectivity index (χ1v) is 11.9. The molecule has 0 aliphatic heterocycles. The van der Waals surface area contributed by atoms with Gasteiger partial charge in [0.2, 0.25) is 0 Å². The maximum atomic E-state index is 14.8. The van der Waals surface area contributed by atoms with Crippen LogP contribution in [0, 0.1) is 25.6 Å². The number of hydrogen-bond donors (Lipinski definition) is 3. The highest BCUT2D eigenvalue weighted by molar-refractivity contribution is 7.63. The van der Waals surface area contributed by atoms with Gasteiger partial charge in [-0.3, -0.25) is 4.57 Å². The normalized spacial score (nSPS) is 21.5. The van der Waals surface area contributed by atoms with Crippen LogP contribution in [-0.4, -0.2) is 10.1 Å². The summed E-state index contributed by atoms with van der Waals surface area (Å²) in [5, 5.41) is 10.4. The van der Waals surface area contributed by atoms with Crippen LogP contribution in [0.25, 0.3) is 0 Å². The molecule has 1 atom stereocenters. The summed E-state index contributed by atoms with van der Waals surface area (Å²) in [6.45, 7) is 5.46. The average molecular weight is 433 g/mol. The largest absolute Gasteiger partial charge is 0.454 e. The number of allylic oxidation sites excluding steroid dienone is 2. The fourth-order valence-electron chi connectivity index (χ4n) is 4.20. The fourth-order valence-corrected chi connectivity index (χ4v) is 5.05. The first kappa shape index (κ1) is 22.7. The topological polar surface area (TPSA) is 78.8 Å². The van der Waals surface area contributed by atoms with Crippen molar-refractivity contribution in [1.29, 1.82) is 0 Å². The van der Waals surface area contributed by atoms with Gasteiger partial charge in [-0.05, 0) is 99.2 Å². The van der Waals surface area contributed by atoms with E-state index in [9.17, 15) is 13.8 Å². The van der Waals surface area contributed by atoms with E-state index in [1.807, 2.05) is 13.0 Å². The lowest BCUT2D eigenvalue weighted by Crippen LogP contribution is -2.16. The van der Waals surface area contributed by atoms with Crippen LogP contribution in [0.3, 0.4) is 0 Å². The molecule has 0 aromatic heterocycles. The zero-order valence-corrected chi connectivity index (χ0v) is 18.5. The minimum atomic E-state index is -4.05. The van der Waals surface area contributed by atoms with E-state index in [-0.39, 0.29) is 11.1 Å². The molecule has 0 radical (unpaired) electrons. The Morgan fingerprint density at radius 2 is 1.77 bits per heavy atom. The number of hydrogen-bond acceptors (Lipinski definition) is 3. The maximum Gasteiger partial charge on any atom is 0.319 e. The third-order valence-corrected chi connectivity index (χ3v) is 7.04. The van der Waals surface area contributed by atoms with E-state index >= 15 is 0 Å². The average Bonchev–Trinajstić information content (AvgIpc) is 2.72. The van der Waals surface area contributed by atoms with E-state index in [1.165, 1.54) is 17.4 Å². The van der Waals surface area contributed by atoms with Crippen LogP contribution in [-0.2, 0) is 4.57 Å². The fraction of sp³-hybridized carbons (Fsp3) is 0.391. The minimum absolute atomic E-state index is 0.0525. The smallest absolute Gasteiger partial charge is 0.319 e. The van der Waals surface area contributed by atoms with E-state index in [4.69, 9.17) is 9.94 Å². The standard InChI is InChI=1S/C23H29FNO4P/c1-4-5-17-6-8-18(9-7-17)19-10-11-22(21(24)14-19)29-23-15(2)12-20(13-16(23)3)30(27,28)25-26/h4-5,10-14,17-18,26H,6-9H2,1-3H3,(H2,25,27,28)/b5-4+. The highest BCUT2D eigenvalue weighted by Gasteiger charge is 2.24. The molecule has 5 nitrogen and oxygen atoms in total. The van der Waals surface area contributed by atoms with Crippen LogP contribution in [0.4, 0.5) is 4.39 Å².